The number of rotatable bonds is 15. The Morgan fingerprint density at radius 3 is 1.84 bits per heavy atom. The van der Waals surface area contributed by atoms with E-state index in [1.807, 2.05) is 116 Å². The predicted molar refractivity (Wildman–Crippen MR) is 202 cm³/mol. The monoisotopic (exact) mass is 732 g/mol. The number of hydrogen-bond acceptors (Lipinski definition) is 8. The Bertz CT molecular complexity index is 1960. The van der Waals surface area contributed by atoms with Crippen LogP contribution in [0.15, 0.2) is 102 Å². The summed E-state index contributed by atoms with van der Waals surface area (Å²) in [7, 11) is 3.14. The summed E-state index contributed by atoms with van der Waals surface area (Å²) in [5.74, 6) is 0.860. The number of likely N-dealkylation sites (N-methyl/N-ethyl adjacent to an activating group) is 1. The maximum atomic E-state index is 15.2. The zero-order valence-electron chi connectivity index (χ0n) is 29.5. The van der Waals surface area contributed by atoms with E-state index in [9.17, 15) is 0 Å². The Morgan fingerprint density at radius 1 is 0.745 bits per heavy atom. The molecule has 1 fully saturated rings. The molecule has 1 saturated heterocycles. The first-order valence-corrected chi connectivity index (χ1v) is 18.7. The van der Waals surface area contributed by atoms with E-state index in [4.69, 9.17) is 30.5 Å². The van der Waals surface area contributed by atoms with Crippen LogP contribution >= 0.6 is 11.6 Å². The third-order valence-corrected chi connectivity index (χ3v) is 11.4. The van der Waals surface area contributed by atoms with E-state index in [2.05, 4.69) is 9.80 Å². The second-order valence-electron chi connectivity index (χ2n) is 12.7. The molecule has 0 radical (unpaired) electrons. The van der Waals surface area contributed by atoms with E-state index in [0.717, 1.165) is 33.3 Å². The lowest BCUT2D eigenvalue weighted by Gasteiger charge is -2.36. The van der Waals surface area contributed by atoms with Crippen LogP contribution in [0.3, 0.4) is 0 Å². The maximum absolute atomic E-state index is 15.2. The molecule has 4 aromatic carbocycles. The first-order chi connectivity index (χ1) is 24.7. The Kier molecular flexibility index (Phi) is 11.9. The van der Waals surface area contributed by atoms with Crippen molar-refractivity contribution < 1.29 is 27.4 Å². The first kappa shape index (κ1) is 36.7. The van der Waals surface area contributed by atoms with Gasteiger partial charge < -0.3 is 33.3 Å². The molecule has 0 unspecified atom stereocenters. The Morgan fingerprint density at radius 2 is 1.29 bits per heavy atom. The molecule has 6 rings (SSSR count). The number of benzene rings is 4. The number of nitrogens with zero attached hydrogens (tertiary/aromatic N) is 4. The van der Waals surface area contributed by atoms with Gasteiger partial charge in [0, 0.05) is 75.9 Å². The van der Waals surface area contributed by atoms with Gasteiger partial charge in [0.15, 0.2) is 18.6 Å². The molecule has 0 atom stereocenters. The number of halogens is 1. The van der Waals surface area contributed by atoms with Crippen LogP contribution in [0.2, 0.25) is 5.02 Å². The number of fused-ring (bicyclic) bond motifs is 1. The van der Waals surface area contributed by atoms with Crippen molar-refractivity contribution in [3.05, 3.63) is 119 Å². The lowest BCUT2D eigenvalue weighted by molar-refractivity contribution is 0.0509. The standard InChI is InChI=1S/C39H45ClN4O6S/c1-41(2)21-26-44-35-11-7-5-9-33(35)38(39(44)51(45,46)43-24-22-42(23-25-43)36-12-8-6-10-34(36)40)37(29-13-17-31(18-14-29)49-27-47-3)30-15-19-32(20-16-30)50-28-48-4/h5-20,37H,21-28H2,1-4H3. The number of ether oxygens (including phenoxy) is 4. The average Bonchev–Trinajstić information content (AvgIpc) is 3.48. The van der Waals surface area contributed by atoms with Gasteiger partial charge >= 0.3 is 0 Å². The Balaban J connectivity index is 1.51. The van der Waals surface area contributed by atoms with E-state index in [1.165, 1.54) is 0 Å². The molecule has 1 aliphatic heterocycles. The van der Waals surface area contributed by atoms with E-state index in [1.54, 1.807) is 18.5 Å². The minimum absolute atomic E-state index is 0.122. The fourth-order valence-electron chi connectivity index (χ4n) is 6.68. The molecule has 1 aromatic heterocycles. The van der Waals surface area contributed by atoms with E-state index in [0.29, 0.717) is 60.8 Å². The van der Waals surface area contributed by atoms with Gasteiger partial charge in [0.25, 0.3) is 10.0 Å². The number of sulfonamides is 1. The van der Waals surface area contributed by atoms with Crippen molar-refractivity contribution >= 4 is 38.2 Å². The molecule has 10 nitrogen and oxygen atoms in total. The van der Waals surface area contributed by atoms with Crippen molar-refractivity contribution in [2.45, 2.75) is 17.5 Å². The molecule has 0 amide bonds. The van der Waals surface area contributed by atoms with Crippen LogP contribution in [-0.2, 0) is 26.0 Å². The summed E-state index contributed by atoms with van der Waals surface area (Å²) in [4.78, 5) is 4.22. The lowest BCUT2D eigenvalue weighted by atomic mass is 9.85. The molecule has 5 aromatic rings. The minimum Gasteiger partial charge on any atom is -0.468 e. The average molecular weight is 733 g/mol. The minimum atomic E-state index is -4.01. The van der Waals surface area contributed by atoms with Crippen molar-refractivity contribution in [1.82, 2.24) is 13.8 Å². The maximum Gasteiger partial charge on any atom is 0.259 e. The van der Waals surface area contributed by atoms with Gasteiger partial charge in [-0.2, -0.15) is 4.31 Å². The molecule has 0 saturated carbocycles. The van der Waals surface area contributed by atoms with Crippen molar-refractivity contribution in [1.29, 1.82) is 0 Å². The van der Waals surface area contributed by atoms with Gasteiger partial charge in [0.2, 0.25) is 0 Å². The second-order valence-corrected chi connectivity index (χ2v) is 15.0. The SMILES string of the molecule is COCOc1ccc(C(c2ccc(OCOC)cc2)c2c(S(=O)(=O)N3CCN(c4ccccc4Cl)CC3)n(CCN(C)C)c3ccccc23)cc1. The zero-order chi connectivity index (χ0) is 36.0. The number of methoxy groups -OCH3 is 2. The van der Waals surface area contributed by atoms with Crippen LogP contribution in [0, 0.1) is 0 Å². The van der Waals surface area contributed by atoms with Crippen molar-refractivity contribution in [2.24, 2.45) is 0 Å². The molecule has 2 heterocycles. The molecule has 0 spiro atoms. The molecule has 1 aliphatic rings. The predicted octanol–water partition coefficient (Wildman–Crippen LogP) is 6.51. The summed E-state index contributed by atoms with van der Waals surface area (Å²) >= 11 is 6.54. The van der Waals surface area contributed by atoms with Crippen LogP contribution in [0.4, 0.5) is 5.69 Å². The largest absolute Gasteiger partial charge is 0.468 e. The van der Waals surface area contributed by atoms with Gasteiger partial charge in [-0.3, -0.25) is 0 Å². The number of hydrogen-bond donors (Lipinski definition) is 0. The van der Waals surface area contributed by atoms with E-state index in [-0.39, 0.29) is 13.6 Å². The topological polar surface area (TPSA) is 85.7 Å². The van der Waals surface area contributed by atoms with Crippen LogP contribution in [0.1, 0.15) is 22.6 Å². The van der Waals surface area contributed by atoms with Crippen molar-refractivity contribution in [2.75, 3.05) is 79.5 Å². The van der Waals surface area contributed by atoms with Crippen molar-refractivity contribution in [3.63, 3.8) is 0 Å². The van der Waals surface area contributed by atoms with Gasteiger partial charge in [-0.15, -0.1) is 0 Å². The fraction of sp³-hybridized carbons (Fsp3) is 0.333. The van der Waals surface area contributed by atoms with Gasteiger partial charge in [-0.25, -0.2) is 8.42 Å². The van der Waals surface area contributed by atoms with E-state index < -0.39 is 15.9 Å². The molecular weight excluding hydrogens is 688 g/mol. The number of aromatic nitrogens is 1. The normalized spacial score (nSPS) is 14.1. The summed E-state index contributed by atoms with van der Waals surface area (Å²) in [6.07, 6.45) is 0. The molecule has 0 bridgehead atoms. The summed E-state index contributed by atoms with van der Waals surface area (Å²) in [5.41, 5.74) is 4.34. The van der Waals surface area contributed by atoms with E-state index >= 15 is 8.42 Å². The van der Waals surface area contributed by atoms with Crippen LogP contribution < -0.4 is 14.4 Å². The zero-order valence-corrected chi connectivity index (χ0v) is 31.1. The van der Waals surface area contributed by atoms with Gasteiger partial charge in [-0.05, 0) is 67.7 Å². The molecule has 12 heteroatoms. The van der Waals surface area contributed by atoms with Gasteiger partial charge in [0.1, 0.15) is 11.5 Å². The molecular formula is C39H45ClN4O6S. The summed E-state index contributed by atoms with van der Waals surface area (Å²) in [6.45, 7) is 3.07. The van der Waals surface area contributed by atoms with Crippen LogP contribution in [-0.4, -0.2) is 96.8 Å². The third kappa shape index (κ3) is 8.04. The second kappa shape index (κ2) is 16.5. The highest BCUT2D eigenvalue weighted by atomic mass is 35.5. The highest BCUT2D eigenvalue weighted by Gasteiger charge is 2.38. The Hall–Kier alpha value is -4.10. The summed E-state index contributed by atoms with van der Waals surface area (Å²) in [6, 6.07) is 31.2. The number of para-hydroxylation sites is 2. The van der Waals surface area contributed by atoms with Crippen LogP contribution in [0.25, 0.3) is 10.9 Å². The number of anilines is 1. The molecule has 0 aliphatic carbocycles. The fourth-order valence-corrected chi connectivity index (χ4v) is 8.80. The van der Waals surface area contributed by atoms with Crippen LogP contribution in [0.5, 0.6) is 11.5 Å². The molecule has 0 N–H and O–H groups in total. The Labute approximate surface area is 305 Å². The van der Waals surface area contributed by atoms with Gasteiger partial charge in [-0.1, -0.05) is 66.2 Å². The lowest BCUT2D eigenvalue weighted by Crippen LogP contribution is -2.49. The first-order valence-electron chi connectivity index (χ1n) is 16.9. The summed E-state index contributed by atoms with van der Waals surface area (Å²) in [5, 5.41) is 1.84. The van der Waals surface area contributed by atoms with Gasteiger partial charge in [0.05, 0.1) is 10.7 Å². The summed E-state index contributed by atoms with van der Waals surface area (Å²) < 4.78 is 55.8. The number of piperazine rings is 1. The quantitative estimate of drug-likeness (QED) is 0.113. The molecule has 270 valence electrons. The highest BCUT2D eigenvalue weighted by Crippen LogP contribution is 2.44. The van der Waals surface area contributed by atoms with Crippen molar-refractivity contribution in [3.8, 4) is 11.5 Å². The smallest absolute Gasteiger partial charge is 0.259 e. The third-order valence-electron chi connectivity index (χ3n) is 9.15. The molecule has 51 heavy (non-hydrogen) atoms. The highest BCUT2D eigenvalue weighted by molar-refractivity contribution is 7.89.